The predicted molar refractivity (Wildman–Crippen MR) is 71.1 cm³/mol. The largest absolute Gasteiger partial charge is 0.415 e. The number of benzene rings is 1. The summed E-state index contributed by atoms with van der Waals surface area (Å²) in [5.41, 5.74) is 4.20. The molecule has 1 aromatic rings. The molecule has 6 heteroatoms. The zero-order valence-corrected chi connectivity index (χ0v) is 11.7. The molecule has 0 aliphatic rings. The van der Waals surface area contributed by atoms with E-state index in [-0.39, 0.29) is 0 Å². The number of carbonyl (C=O) groups excluding carboxylic acids is 1. The molecule has 0 aliphatic carbocycles. The number of nitrogens with two attached hydrogens (primary N) is 1. The molecule has 0 spiro atoms. The monoisotopic (exact) mass is 288 g/mol. The van der Waals surface area contributed by atoms with Crippen LogP contribution in [0.3, 0.4) is 0 Å². The van der Waals surface area contributed by atoms with Crippen LogP contribution in [-0.4, -0.2) is 23.7 Å². The number of aryl methyl sites for hydroxylation is 1. The molecule has 112 valence electrons. The van der Waals surface area contributed by atoms with Crippen molar-refractivity contribution in [2.45, 2.75) is 44.9 Å². The molecule has 0 aliphatic heterocycles. The summed E-state index contributed by atoms with van der Waals surface area (Å²) in [5, 5.41) is 2.32. The van der Waals surface area contributed by atoms with Crippen LogP contribution in [0.4, 0.5) is 13.2 Å². The smallest absolute Gasteiger partial charge is 0.351 e. The molecular weight excluding hydrogens is 269 g/mol. The molecule has 0 aromatic heterocycles. The molecule has 3 N–H and O–H groups in total. The third-order valence-corrected chi connectivity index (χ3v) is 3.23. The number of halogens is 3. The van der Waals surface area contributed by atoms with E-state index in [0.717, 1.165) is 11.1 Å². The van der Waals surface area contributed by atoms with Crippen molar-refractivity contribution in [3.63, 3.8) is 0 Å². The fourth-order valence-corrected chi connectivity index (χ4v) is 1.72. The van der Waals surface area contributed by atoms with Crippen LogP contribution in [0.1, 0.15) is 25.0 Å². The highest BCUT2D eigenvalue weighted by Crippen LogP contribution is 2.28. The highest BCUT2D eigenvalue weighted by molar-refractivity contribution is 5.86. The van der Waals surface area contributed by atoms with Crippen molar-refractivity contribution in [1.29, 1.82) is 0 Å². The van der Waals surface area contributed by atoms with Gasteiger partial charge < -0.3 is 11.1 Å². The Hall–Kier alpha value is -1.56. The van der Waals surface area contributed by atoms with E-state index in [9.17, 15) is 18.0 Å². The third kappa shape index (κ3) is 3.72. The van der Waals surface area contributed by atoms with Crippen molar-refractivity contribution in [2.75, 3.05) is 0 Å². The number of rotatable bonds is 4. The number of hydrogen-bond donors (Lipinski definition) is 2. The van der Waals surface area contributed by atoms with Gasteiger partial charge in [-0.25, -0.2) is 0 Å². The molecule has 1 amide bonds. The van der Waals surface area contributed by atoms with Gasteiger partial charge in [0.1, 0.15) is 0 Å². The quantitative estimate of drug-likeness (QED) is 0.893. The van der Waals surface area contributed by atoms with Crippen molar-refractivity contribution < 1.29 is 18.0 Å². The molecule has 1 aromatic carbocycles. The highest BCUT2D eigenvalue weighted by atomic mass is 19.4. The molecule has 0 bridgehead atoms. The van der Waals surface area contributed by atoms with Gasteiger partial charge in [-0.05, 0) is 38.3 Å². The van der Waals surface area contributed by atoms with E-state index < -0.39 is 23.7 Å². The highest BCUT2D eigenvalue weighted by Gasteiger charge is 2.54. The second-order valence-corrected chi connectivity index (χ2v) is 5.21. The minimum atomic E-state index is -4.78. The van der Waals surface area contributed by atoms with Crippen LogP contribution in [0.25, 0.3) is 0 Å². The SMILES string of the molecule is Cc1ccccc1CC(C)NC(=O)C(C)(N)C(F)(F)F. The Morgan fingerprint density at radius 3 is 2.40 bits per heavy atom. The first-order chi connectivity index (χ1) is 9.05. The second kappa shape index (κ2) is 5.83. The number of nitrogens with one attached hydrogen (secondary N) is 1. The van der Waals surface area contributed by atoms with Gasteiger partial charge in [-0.1, -0.05) is 24.3 Å². The van der Waals surface area contributed by atoms with Gasteiger partial charge >= 0.3 is 6.18 Å². The summed E-state index contributed by atoms with van der Waals surface area (Å²) in [7, 11) is 0. The van der Waals surface area contributed by atoms with Crippen LogP contribution in [0.15, 0.2) is 24.3 Å². The number of alkyl halides is 3. The summed E-state index contributed by atoms with van der Waals surface area (Å²) in [4.78, 5) is 11.6. The lowest BCUT2D eigenvalue weighted by atomic mass is 9.99. The summed E-state index contributed by atoms with van der Waals surface area (Å²) < 4.78 is 37.9. The third-order valence-electron chi connectivity index (χ3n) is 3.23. The zero-order chi connectivity index (χ0) is 15.6. The van der Waals surface area contributed by atoms with Gasteiger partial charge in [0.25, 0.3) is 0 Å². The summed E-state index contributed by atoms with van der Waals surface area (Å²) >= 11 is 0. The lowest BCUT2D eigenvalue weighted by Gasteiger charge is -2.28. The lowest BCUT2D eigenvalue weighted by molar-refractivity contribution is -0.187. The molecule has 2 unspecified atom stereocenters. The maximum Gasteiger partial charge on any atom is 0.415 e. The van der Waals surface area contributed by atoms with Gasteiger partial charge in [0.05, 0.1) is 0 Å². The molecule has 3 nitrogen and oxygen atoms in total. The summed E-state index contributed by atoms with van der Waals surface area (Å²) in [6.07, 6.45) is -4.33. The summed E-state index contributed by atoms with van der Waals surface area (Å²) in [5.74, 6) is -1.22. The Labute approximate surface area is 116 Å². The molecule has 0 radical (unpaired) electrons. The second-order valence-electron chi connectivity index (χ2n) is 5.21. The Morgan fingerprint density at radius 2 is 1.90 bits per heavy atom. The van der Waals surface area contributed by atoms with Gasteiger partial charge in [0.15, 0.2) is 5.54 Å². The van der Waals surface area contributed by atoms with Crippen LogP contribution in [-0.2, 0) is 11.2 Å². The van der Waals surface area contributed by atoms with Gasteiger partial charge in [0, 0.05) is 6.04 Å². The first-order valence-electron chi connectivity index (χ1n) is 6.26. The molecule has 2 atom stereocenters. The van der Waals surface area contributed by atoms with Crippen LogP contribution in [0, 0.1) is 6.92 Å². The van der Waals surface area contributed by atoms with Crippen LogP contribution >= 0.6 is 0 Å². The van der Waals surface area contributed by atoms with E-state index in [2.05, 4.69) is 5.32 Å². The van der Waals surface area contributed by atoms with Crippen molar-refractivity contribution in [3.8, 4) is 0 Å². The van der Waals surface area contributed by atoms with E-state index in [1.165, 1.54) is 0 Å². The Bertz CT molecular complexity index is 484. The van der Waals surface area contributed by atoms with Crippen molar-refractivity contribution in [2.24, 2.45) is 5.73 Å². The fraction of sp³-hybridized carbons (Fsp3) is 0.500. The van der Waals surface area contributed by atoms with Gasteiger partial charge in [0.2, 0.25) is 5.91 Å². The molecule has 0 saturated carbocycles. The standard InChI is InChI=1S/C14H19F3N2O/c1-9-6-4-5-7-11(9)8-10(2)19-12(20)13(3,18)14(15,16)17/h4-7,10H,8,18H2,1-3H3,(H,19,20). The number of amides is 1. The summed E-state index contributed by atoms with van der Waals surface area (Å²) in [6, 6.07) is 7.08. The summed E-state index contributed by atoms with van der Waals surface area (Å²) in [6.45, 7) is 4.23. The zero-order valence-electron chi connectivity index (χ0n) is 11.7. The number of hydrogen-bond acceptors (Lipinski definition) is 2. The van der Waals surface area contributed by atoms with Crippen LogP contribution in [0.5, 0.6) is 0 Å². The Balaban J connectivity index is 2.70. The van der Waals surface area contributed by atoms with E-state index in [4.69, 9.17) is 5.73 Å². The number of carbonyl (C=O) groups is 1. The first-order valence-corrected chi connectivity index (χ1v) is 6.26. The molecule has 20 heavy (non-hydrogen) atoms. The van der Waals surface area contributed by atoms with E-state index >= 15 is 0 Å². The molecule has 0 saturated heterocycles. The van der Waals surface area contributed by atoms with Crippen molar-refractivity contribution in [3.05, 3.63) is 35.4 Å². The predicted octanol–water partition coefficient (Wildman–Crippen LogP) is 2.32. The maximum atomic E-state index is 12.6. The maximum absolute atomic E-state index is 12.6. The van der Waals surface area contributed by atoms with E-state index in [1.807, 2.05) is 31.2 Å². The first kappa shape index (κ1) is 16.5. The topological polar surface area (TPSA) is 55.1 Å². The molecule has 0 fully saturated rings. The molecular formula is C14H19F3N2O. The average Bonchev–Trinajstić information content (AvgIpc) is 2.30. The van der Waals surface area contributed by atoms with Crippen LogP contribution in [0.2, 0.25) is 0 Å². The molecule has 1 rings (SSSR count). The minimum absolute atomic E-state index is 0.436. The molecule has 0 heterocycles. The lowest BCUT2D eigenvalue weighted by Crippen LogP contribution is -2.62. The van der Waals surface area contributed by atoms with E-state index in [0.29, 0.717) is 13.3 Å². The van der Waals surface area contributed by atoms with Crippen LogP contribution < -0.4 is 11.1 Å². The fourth-order valence-electron chi connectivity index (χ4n) is 1.72. The van der Waals surface area contributed by atoms with Crippen molar-refractivity contribution in [1.82, 2.24) is 5.32 Å². The van der Waals surface area contributed by atoms with Crippen molar-refractivity contribution >= 4 is 5.91 Å². The van der Waals surface area contributed by atoms with Gasteiger partial charge in [-0.15, -0.1) is 0 Å². The Morgan fingerprint density at radius 1 is 1.35 bits per heavy atom. The van der Waals surface area contributed by atoms with Gasteiger partial charge in [-0.3, -0.25) is 4.79 Å². The normalized spacial score (nSPS) is 16.4. The average molecular weight is 288 g/mol. The van der Waals surface area contributed by atoms with Gasteiger partial charge in [-0.2, -0.15) is 13.2 Å². The minimum Gasteiger partial charge on any atom is -0.351 e. The van der Waals surface area contributed by atoms with E-state index in [1.54, 1.807) is 6.92 Å². The Kier molecular flexibility index (Phi) is 4.81.